The number of amides is 1. The van der Waals surface area contributed by atoms with Gasteiger partial charge in [0.05, 0.1) is 10.3 Å². The van der Waals surface area contributed by atoms with Crippen LogP contribution in [0.3, 0.4) is 0 Å². The van der Waals surface area contributed by atoms with Crippen LogP contribution in [-0.2, 0) is 21.0 Å². The predicted octanol–water partition coefficient (Wildman–Crippen LogP) is 4.27. The molecule has 0 aliphatic carbocycles. The van der Waals surface area contributed by atoms with E-state index in [1.165, 1.54) is 12.1 Å². The molecule has 0 bridgehead atoms. The van der Waals surface area contributed by atoms with Crippen molar-refractivity contribution in [1.29, 1.82) is 0 Å². The number of benzene rings is 1. The number of hydrogen-bond acceptors (Lipinski definition) is 3. The molecule has 0 aromatic heterocycles. The highest BCUT2D eigenvalue weighted by atomic mass is 32.2. The number of carbonyl (C=O) groups excluding carboxylic acids is 1. The topological polar surface area (TPSA) is 75.3 Å². The van der Waals surface area contributed by atoms with Gasteiger partial charge in [-0.15, -0.1) is 0 Å². The second kappa shape index (κ2) is 8.82. The molecule has 1 amide bonds. The number of alkyl halides is 3. The lowest BCUT2D eigenvalue weighted by Crippen LogP contribution is -2.42. The van der Waals surface area contributed by atoms with Gasteiger partial charge in [0.1, 0.15) is 0 Å². The van der Waals surface area contributed by atoms with Gasteiger partial charge in [-0.1, -0.05) is 20.8 Å². The Morgan fingerprint density at radius 3 is 1.96 bits per heavy atom. The number of halogens is 3. The molecule has 1 aromatic carbocycles. The summed E-state index contributed by atoms with van der Waals surface area (Å²) in [6.45, 7) is 10.4. The molecule has 0 saturated heterocycles. The standard InChI is InChI=1S/C19H29F3N2O3S/c1-12(11-23-28(26,27)18(4,5)6)13(2)14(3)17(25)24-16-9-7-15(8-10-16)19(20,21)22/h7-10,12-14,23H,11H2,1-6H3,(H,24,25). The molecule has 0 spiro atoms. The van der Waals surface area contributed by atoms with Gasteiger partial charge in [0.25, 0.3) is 0 Å². The minimum Gasteiger partial charge on any atom is -0.326 e. The van der Waals surface area contributed by atoms with Crippen molar-refractivity contribution < 1.29 is 26.4 Å². The SMILES string of the molecule is CC(CNS(=O)(=O)C(C)(C)C)C(C)C(C)C(=O)Nc1ccc(C(F)(F)F)cc1. The second-order valence-electron chi connectivity index (χ2n) is 8.15. The predicted molar refractivity (Wildman–Crippen MR) is 104 cm³/mol. The third-order valence-electron chi connectivity index (χ3n) is 4.98. The Morgan fingerprint density at radius 2 is 1.54 bits per heavy atom. The lowest BCUT2D eigenvalue weighted by Gasteiger charge is -2.27. The number of nitrogens with one attached hydrogen (secondary N) is 2. The molecule has 1 aromatic rings. The highest BCUT2D eigenvalue weighted by molar-refractivity contribution is 7.90. The number of hydrogen-bond donors (Lipinski definition) is 2. The maximum Gasteiger partial charge on any atom is 0.416 e. The molecule has 0 heterocycles. The fourth-order valence-electron chi connectivity index (χ4n) is 2.37. The summed E-state index contributed by atoms with van der Waals surface area (Å²) in [6, 6.07) is 4.24. The van der Waals surface area contributed by atoms with Crippen LogP contribution in [0.5, 0.6) is 0 Å². The smallest absolute Gasteiger partial charge is 0.326 e. The minimum absolute atomic E-state index is 0.120. The second-order valence-corrected chi connectivity index (χ2v) is 10.7. The van der Waals surface area contributed by atoms with Crippen molar-refractivity contribution in [3.05, 3.63) is 29.8 Å². The van der Waals surface area contributed by atoms with Gasteiger partial charge < -0.3 is 5.32 Å². The fraction of sp³-hybridized carbons (Fsp3) is 0.632. The Kier molecular flexibility index (Phi) is 7.69. The van der Waals surface area contributed by atoms with E-state index >= 15 is 0 Å². The van der Waals surface area contributed by atoms with Gasteiger partial charge in [-0.25, -0.2) is 13.1 Å². The molecule has 0 aliphatic rings. The summed E-state index contributed by atoms with van der Waals surface area (Å²) in [5, 5.41) is 2.61. The van der Waals surface area contributed by atoms with Crippen LogP contribution in [0.15, 0.2) is 24.3 Å². The number of rotatable bonds is 7. The highest BCUT2D eigenvalue weighted by Gasteiger charge is 2.32. The average Bonchev–Trinajstić information content (AvgIpc) is 2.57. The summed E-state index contributed by atoms with van der Waals surface area (Å²) in [7, 11) is -3.48. The molecule has 0 aliphatic heterocycles. The molecule has 2 N–H and O–H groups in total. The Bertz CT molecular complexity index is 769. The first kappa shape index (κ1) is 24.4. The van der Waals surface area contributed by atoms with Gasteiger partial charge in [-0.2, -0.15) is 13.2 Å². The fourth-order valence-corrected chi connectivity index (χ4v) is 3.29. The van der Waals surface area contributed by atoms with E-state index in [9.17, 15) is 26.4 Å². The van der Waals surface area contributed by atoms with Gasteiger partial charge in [0.15, 0.2) is 0 Å². The van der Waals surface area contributed by atoms with Crippen LogP contribution >= 0.6 is 0 Å². The zero-order valence-electron chi connectivity index (χ0n) is 17.0. The van der Waals surface area contributed by atoms with Crippen molar-refractivity contribution in [3.8, 4) is 0 Å². The third-order valence-corrected chi connectivity index (χ3v) is 7.14. The van der Waals surface area contributed by atoms with Gasteiger partial charge in [-0.05, 0) is 56.9 Å². The molecule has 0 saturated carbocycles. The first-order valence-electron chi connectivity index (χ1n) is 9.03. The molecule has 5 nitrogen and oxygen atoms in total. The molecule has 3 atom stereocenters. The van der Waals surface area contributed by atoms with E-state index in [-0.39, 0.29) is 30.0 Å². The molecule has 0 fully saturated rings. The van der Waals surface area contributed by atoms with Crippen molar-refractivity contribution in [3.63, 3.8) is 0 Å². The molecule has 1 rings (SSSR count). The van der Waals surface area contributed by atoms with Crippen molar-refractivity contribution in [2.45, 2.75) is 52.5 Å². The van der Waals surface area contributed by atoms with Gasteiger partial charge >= 0.3 is 6.18 Å². The summed E-state index contributed by atoms with van der Waals surface area (Å²) in [6.07, 6.45) is -4.43. The van der Waals surface area contributed by atoms with E-state index < -0.39 is 32.4 Å². The quantitative estimate of drug-likeness (QED) is 0.689. The zero-order valence-corrected chi connectivity index (χ0v) is 17.8. The Labute approximate surface area is 165 Å². The van der Waals surface area contributed by atoms with E-state index in [4.69, 9.17) is 0 Å². The van der Waals surface area contributed by atoms with Gasteiger partial charge in [0, 0.05) is 18.2 Å². The highest BCUT2D eigenvalue weighted by Crippen LogP contribution is 2.30. The van der Waals surface area contributed by atoms with Gasteiger partial charge in [-0.3, -0.25) is 4.79 Å². The van der Waals surface area contributed by atoms with Crippen molar-refractivity contribution in [2.75, 3.05) is 11.9 Å². The van der Waals surface area contributed by atoms with E-state index in [0.717, 1.165) is 12.1 Å². The number of anilines is 1. The van der Waals surface area contributed by atoms with Crippen LogP contribution in [0.25, 0.3) is 0 Å². The van der Waals surface area contributed by atoms with Crippen molar-refractivity contribution in [2.24, 2.45) is 17.8 Å². The summed E-state index contributed by atoms with van der Waals surface area (Å²) in [4.78, 5) is 12.4. The Morgan fingerprint density at radius 1 is 1.04 bits per heavy atom. The first-order valence-corrected chi connectivity index (χ1v) is 10.5. The Hall–Kier alpha value is -1.61. The van der Waals surface area contributed by atoms with Crippen LogP contribution < -0.4 is 10.0 Å². The Balaban J connectivity index is 2.69. The molecule has 160 valence electrons. The summed E-state index contributed by atoms with van der Waals surface area (Å²) >= 11 is 0. The number of carbonyl (C=O) groups is 1. The maximum atomic E-state index is 12.6. The average molecular weight is 423 g/mol. The van der Waals surface area contributed by atoms with Crippen LogP contribution in [-0.4, -0.2) is 25.6 Å². The van der Waals surface area contributed by atoms with E-state index in [1.54, 1.807) is 27.7 Å². The van der Waals surface area contributed by atoms with Gasteiger partial charge in [0.2, 0.25) is 15.9 Å². The number of sulfonamides is 1. The molecular formula is C19H29F3N2O3S. The van der Waals surface area contributed by atoms with E-state index in [2.05, 4.69) is 10.0 Å². The largest absolute Gasteiger partial charge is 0.416 e. The molecular weight excluding hydrogens is 393 g/mol. The van der Waals surface area contributed by atoms with E-state index in [1.807, 2.05) is 13.8 Å². The summed E-state index contributed by atoms with van der Waals surface area (Å²) in [5.41, 5.74) is -0.509. The lowest BCUT2D eigenvalue weighted by atomic mass is 9.84. The van der Waals surface area contributed by atoms with Crippen LogP contribution in [0.2, 0.25) is 0 Å². The lowest BCUT2D eigenvalue weighted by molar-refractivity contribution is -0.137. The molecule has 28 heavy (non-hydrogen) atoms. The monoisotopic (exact) mass is 422 g/mol. The first-order chi connectivity index (χ1) is 12.6. The zero-order chi connectivity index (χ0) is 21.9. The van der Waals surface area contributed by atoms with Crippen LogP contribution in [0.4, 0.5) is 18.9 Å². The van der Waals surface area contributed by atoms with E-state index in [0.29, 0.717) is 0 Å². The van der Waals surface area contributed by atoms with Crippen LogP contribution in [0, 0.1) is 17.8 Å². The van der Waals surface area contributed by atoms with Crippen molar-refractivity contribution >= 4 is 21.6 Å². The van der Waals surface area contributed by atoms with Crippen molar-refractivity contribution in [1.82, 2.24) is 4.72 Å². The minimum atomic E-state index is -4.43. The summed E-state index contributed by atoms with van der Waals surface area (Å²) < 4.78 is 63.7. The normalized spacial score (nSPS) is 16.3. The third kappa shape index (κ3) is 6.48. The molecule has 9 heteroatoms. The summed E-state index contributed by atoms with van der Waals surface area (Å²) in [5.74, 6) is -1.07. The molecule has 3 unspecified atom stereocenters. The molecule has 0 radical (unpaired) electrons. The maximum absolute atomic E-state index is 12.6. The van der Waals surface area contributed by atoms with Crippen LogP contribution in [0.1, 0.15) is 47.1 Å².